The van der Waals surface area contributed by atoms with Gasteiger partial charge in [-0.1, -0.05) is 31.4 Å². The molecule has 2 aliphatic rings. The first-order chi connectivity index (χ1) is 13.7. The van der Waals surface area contributed by atoms with E-state index in [9.17, 15) is 9.59 Å². The average Bonchev–Trinajstić information content (AvgIpc) is 3.23. The first-order valence-electron chi connectivity index (χ1n) is 10.3. The summed E-state index contributed by atoms with van der Waals surface area (Å²) in [5.74, 6) is 0.276. The number of nitrogens with zero attached hydrogens (tertiary/aromatic N) is 4. The molecule has 0 bridgehead atoms. The van der Waals surface area contributed by atoms with E-state index in [1.807, 2.05) is 39.9 Å². The Labute approximate surface area is 166 Å². The monoisotopic (exact) mass is 380 g/mol. The van der Waals surface area contributed by atoms with Gasteiger partial charge in [0.1, 0.15) is 6.04 Å². The summed E-state index contributed by atoms with van der Waals surface area (Å²) in [5.41, 5.74) is 1.34. The molecule has 2 aromatic rings. The van der Waals surface area contributed by atoms with E-state index >= 15 is 0 Å². The highest BCUT2D eigenvalue weighted by Gasteiger charge is 2.42. The topological polar surface area (TPSA) is 58.4 Å². The number of anilines is 1. The molecule has 1 fully saturated rings. The van der Waals surface area contributed by atoms with Gasteiger partial charge >= 0.3 is 0 Å². The number of hydrogen-bond acceptors (Lipinski definition) is 3. The quantitative estimate of drug-likeness (QED) is 0.799. The van der Waals surface area contributed by atoms with Gasteiger partial charge in [0.2, 0.25) is 5.91 Å². The van der Waals surface area contributed by atoms with Crippen molar-refractivity contribution in [2.75, 3.05) is 18.5 Å². The fraction of sp³-hybridized carbons (Fsp3) is 0.500. The normalized spacial score (nSPS) is 21.0. The fourth-order valence-electron chi connectivity index (χ4n) is 4.67. The molecule has 0 saturated heterocycles. The minimum atomic E-state index is -0.368. The van der Waals surface area contributed by atoms with Gasteiger partial charge in [-0.2, -0.15) is 0 Å². The lowest BCUT2D eigenvalue weighted by Gasteiger charge is -2.37. The summed E-state index contributed by atoms with van der Waals surface area (Å²) in [4.78, 5) is 34.6. The van der Waals surface area contributed by atoms with Crippen molar-refractivity contribution in [2.45, 2.75) is 51.1 Å². The Bertz CT molecular complexity index is 827. The van der Waals surface area contributed by atoms with E-state index in [0.29, 0.717) is 12.1 Å². The SMILES string of the molecule is CN1C(=O)C(C2CCCCC2)N(CCCn2ccnc2)C(=O)c2ccccc21. The van der Waals surface area contributed by atoms with Crippen molar-refractivity contribution in [2.24, 2.45) is 5.92 Å². The first kappa shape index (κ1) is 18.7. The zero-order chi connectivity index (χ0) is 19.5. The molecule has 1 aliphatic carbocycles. The van der Waals surface area contributed by atoms with Crippen LogP contribution in [0.2, 0.25) is 0 Å². The van der Waals surface area contributed by atoms with E-state index in [1.54, 1.807) is 24.5 Å². The predicted molar refractivity (Wildman–Crippen MR) is 108 cm³/mol. The third-order valence-corrected chi connectivity index (χ3v) is 6.15. The zero-order valence-corrected chi connectivity index (χ0v) is 16.5. The standard InChI is InChI=1S/C22H28N4O2/c1-24-19-11-6-5-10-18(19)21(27)26(14-7-13-25-15-12-23-16-25)20(22(24)28)17-8-3-2-4-9-17/h5-6,10-12,15-17,20H,2-4,7-9,13-14H2,1H3. The van der Waals surface area contributed by atoms with Crippen molar-refractivity contribution in [3.8, 4) is 0 Å². The van der Waals surface area contributed by atoms with Crippen LogP contribution < -0.4 is 4.90 Å². The van der Waals surface area contributed by atoms with Gasteiger partial charge < -0.3 is 14.4 Å². The van der Waals surface area contributed by atoms with Gasteiger partial charge in [0.05, 0.1) is 17.6 Å². The largest absolute Gasteiger partial charge is 0.337 e. The van der Waals surface area contributed by atoms with Crippen LogP contribution in [0.1, 0.15) is 48.9 Å². The summed E-state index contributed by atoms with van der Waals surface area (Å²) in [5, 5.41) is 0. The number of imidazole rings is 1. The number of para-hydroxylation sites is 1. The van der Waals surface area contributed by atoms with Crippen molar-refractivity contribution in [3.05, 3.63) is 48.5 Å². The molecule has 1 aliphatic heterocycles. The molecular weight excluding hydrogens is 352 g/mol. The summed E-state index contributed by atoms with van der Waals surface area (Å²) in [6.45, 7) is 1.36. The minimum Gasteiger partial charge on any atom is -0.337 e. The third-order valence-electron chi connectivity index (χ3n) is 6.15. The second-order valence-electron chi connectivity index (χ2n) is 7.91. The molecule has 1 aromatic carbocycles. The van der Waals surface area contributed by atoms with E-state index in [4.69, 9.17) is 0 Å². The van der Waals surface area contributed by atoms with Gasteiger partial charge in [0.25, 0.3) is 5.91 Å². The van der Waals surface area contributed by atoms with Crippen LogP contribution in [-0.4, -0.2) is 45.9 Å². The highest BCUT2D eigenvalue weighted by Crippen LogP contribution is 2.35. The molecule has 28 heavy (non-hydrogen) atoms. The van der Waals surface area contributed by atoms with Crippen LogP contribution in [0.5, 0.6) is 0 Å². The number of benzene rings is 1. The zero-order valence-electron chi connectivity index (χ0n) is 16.5. The van der Waals surface area contributed by atoms with Crippen LogP contribution in [0, 0.1) is 5.92 Å². The summed E-state index contributed by atoms with van der Waals surface area (Å²) < 4.78 is 2.01. The molecule has 6 heteroatoms. The average molecular weight is 380 g/mol. The van der Waals surface area contributed by atoms with Crippen LogP contribution in [0.4, 0.5) is 5.69 Å². The number of fused-ring (bicyclic) bond motifs is 1. The number of aryl methyl sites for hydroxylation is 1. The molecule has 0 N–H and O–H groups in total. The van der Waals surface area contributed by atoms with Crippen LogP contribution in [0.25, 0.3) is 0 Å². The lowest BCUT2D eigenvalue weighted by Crippen LogP contribution is -2.52. The van der Waals surface area contributed by atoms with Crippen LogP contribution in [0.15, 0.2) is 43.0 Å². The minimum absolute atomic E-state index is 0.0190. The van der Waals surface area contributed by atoms with Crippen molar-refractivity contribution >= 4 is 17.5 Å². The molecule has 4 rings (SSSR count). The number of hydrogen-bond donors (Lipinski definition) is 0. The number of amides is 2. The highest BCUT2D eigenvalue weighted by atomic mass is 16.2. The Morgan fingerprint density at radius 1 is 1.07 bits per heavy atom. The van der Waals surface area contributed by atoms with E-state index in [-0.39, 0.29) is 23.8 Å². The van der Waals surface area contributed by atoms with Crippen LogP contribution >= 0.6 is 0 Å². The Morgan fingerprint density at radius 2 is 1.86 bits per heavy atom. The van der Waals surface area contributed by atoms with Gasteiger partial charge in [-0.25, -0.2) is 4.98 Å². The van der Waals surface area contributed by atoms with Gasteiger partial charge in [0, 0.05) is 32.5 Å². The highest BCUT2D eigenvalue weighted by molar-refractivity contribution is 6.10. The van der Waals surface area contributed by atoms with Gasteiger partial charge in [0.15, 0.2) is 0 Å². The first-order valence-corrected chi connectivity index (χ1v) is 10.3. The molecule has 1 atom stereocenters. The Morgan fingerprint density at radius 3 is 2.61 bits per heavy atom. The molecule has 1 aromatic heterocycles. The smallest absolute Gasteiger partial charge is 0.256 e. The van der Waals surface area contributed by atoms with Gasteiger partial charge in [-0.05, 0) is 37.3 Å². The molecule has 6 nitrogen and oxygen atoms in total. The molecule has 1 unspecified atom stereocenters. The fourth-order valence-corrected chi connectivity index (χ4v) is 4.67. The Hall–Kier alpha value is -2.63. The molecule has 2 amide bonds. The summed E-state index contributed by atoms with van der Waals surface area (Å²) in [6.07, 6.45) is 11.8. The molecule has 1 saturated carbocycles. The molecule has 0 spiro atoms. The van der Waals surface area contributed by atoms with E-state index in [0.717, 1.165) is 44.3 Å². The van der Waals surface area contributed by atoms with Crippen LogP contribution in [-0.2, 0) is 11.3 Å². The molecule has 0 radical (unpaired) electrons. The summed E-state index contributed by atoms with van der Waals surface area (Å²) in [7, 11) is 1.80. The maximum atomic E-state index is 13.5. The van der Waals surface area contributed by atoms with E-state index < -0.39 is 0 Å². The number of carbonyl (C=O) groups excluding carboxylic acids is 2. The van der Waals surface area contributed by atoms with E-state index in [1.165, 1.54) is 6.42 Å². The predicted octanol–water partition coefficient (Wildman–Crippen LogP) is 3.34. The van der Waals surface area contributed by atoms with Crippen molar-refractivity contribution in [1.29, 1.82) is 0 Å². The van der Waals surface area contributed by atoms with Crippen molar-refractivity contribution < 1.29 is 9.59 Å². The van der Waals surface area contributed by atoms with Crippen LogP contribution in [0.3, 0.4) is 0 Å². The number of carbonyl (C=O) groups is 2. The number of rotatable bonds is 5. The molecule has 2 heterocycles. The molecular formula is C22H28N4O2. The van der Waals surface area contributed by atoms with Crippen molar-refractivity contribution in [1.82, 2.24) is 14.5 Å². The Balaban J connectivity index is 1.64. The second kappa shape index (κ2) is 8.17. The summed E-state index contributed by atoms with van der Waals surface area (Å²) >= 11 is 0. The lowest BCUT2D eigenvalue weighted by molar-refractivity contribution is -0.124. The number of aromatic nitrogens is 2. The molecule has 148 valence electrons. The maximum absolute atomic E-state index is 13.5. The summed E-state index contributed by atoms with van der Waals surface area (Å²) in [6, 6.07) is 7.11. The maximum Gasteiger partial charge on any atom is 0.256 e. The van der Waals surface area contributed by atoms with Gasteiger partial charge in [-0.3, -0.25) is 9.59 Å². The second-order valence-corrected chi connectivity index (χ2v) is 7.91. The lowest BCUT2D eigenvalue weighted by atomic mass is 9.82. The number of likely N-dealkylation sites (N-methyl/N-ethyl adjacent to an activating group) is 1. The van der Waals surface area contributed by atoms with Gasteiger partial charge in [-0.15, -0.1) is 0 Å². The van der Waals surface area contributed by atoms with E-state index in [2.05, 4.69) is 4.98 Å². The Kier molecular flexibility index (Phi) is 5.46. The third kappa shape index (κ3) is 3.55. The van der Waals surface area contributed by atoms with Crippen molar-refractivity contribution in [3.63, 3.8) is 0 Å².